The number of methoxy groups -OCH3 is 2. The first kappa shape index (κ1) is 16.2. The Kier molecular flexibility index (Phi) is 5.09. The minimum absolute atomic E-state index is 0.00556. The first-order chi connectivity index (χ1) is 11.0. The van der Waals surface area contributed by atoms with Crippen LogP contribution in [-0.4, -0.2) is 24.9 Å². The largest absolute Gasteiger partial charge is 0.497 e. The Morgan fingerprint density at radius 3 is 2.09 bits per heavy atom. The van der Waals surface area contributed by atoms with Gasteiger partial charge in [0.2, 0.25) is 0 Å². The smallest absolute Gasteiger partial charge is 0.269 e. The zero-order valence-electron chi connectivity index (χ0n) is 12.7. The molecule has 23 heavy (non-hydrogen) atoms. The number of rotatable bonds is 6. The molecule has 0 radical (unpaired) electrons. The van der Waals surface area contributed by atoms with Crippen molar-refractivity contribution in [2.75, 3.05) is 14.2 Å². The molecule has 0 saturated carbocycles. The van der Waals surface area contributed by atoms with Crippen molar-refractivity contribution in [2.45, 2.75) is 0 Å². The molecule has 2 aromatic carbocycles. The molecular formula is C17H15NO5. The fourth-order valence-corrected chi connectivity index (χ4v) is 1.92. The number of nitro groups is 1. The Labute approximate surface area is 133 Å². The van der Waals surface area contributed by atoms with E-state index in [1.54, 1.807) is 36.4 Å². The summed E-state index contributed by atoms with van der Waals surface area (Å²) in [7, 11) is 3.02. The number of ketones is 1. The first-order valence-electron chi connectivity index (χ1n) is 6.73. The molecule has 0 aromatic heterocycles. The van der Waals surface area contributed by atoms with E-state index >= 15 is 0 Å². The average molecular weight is 313 g/mol. The molecule has 0 aliphatic rings. The molecule has 0 saturated heterocycles. The number of benzene rings is 2. The van der Waals surface area contributed by atoms with Crippen molar-refractivity contribution in [3.8, 4) is 11.5 Å². The van der Waals surface area contributed by atoms with Gasteiger partial charge in [0.25, 0.3) is 5.69 Å². The Bertz CT molecular complexity index is 728. The predicted molar refractivity (Wildman–Crippen MR) is 86.0 cm³/mol. The van der Waals surface area contributed by atoms with Crippen molar-refractivity contribution in [2.24, 2.45) is 0 Å². The Balaban J connectivity index is 2.19. The van der Waals surface area contributed by atoms with Gasteiger partial charge in [-0.05, 0) is 35.9 Å². The summed E-state index contributed by atoms with van der Waals surface area (Å²) in [5, 5.41) is 10.6. The van der Waals surface area contributed by atoms with Crippen LogP contribution in [0.15, 0.2) is 48.5 Å². The molecule has 0 spiro atoms. The highest BCUT2D eigenvalue weighted by Crippen LogP contribution is 2.23. The van der Waals surface area contributed by atoms with Crippen LogP contribution in [0, 0.1) is 10.1 Å². The van der Waals surface area contributed by atoms with Crippen LogP contribution >= 0.6 is 0 Å². The van der Waals surface area contributed by atoms with Gasteiger partial charge in [0.05, 0.1) is 19.1 Å². The van der Waals surface area contributed by atoms with Gasteiger partial charge in [0.15, 0.2) is 5.78 Å². The minimum Gasteiger partial charge on any atom is -0.497 e. The van der Waals surface area contributed by atoms with Crippen LogP contribution in [0.4, 0.5) is 5.69 Å². The van der Waals surface area contributed by atoms with Crippen LogP contribution in [0.3, 0.4) is 0 Å². The highest BCUT2D eigenvalue weighted by molar-refractivity contribution is 6.07. The Hall–Kier alpha value is -3.15. The predicted octanol–water partition coefficient (Wildman–Crippen LogP) is 3.51. The van der Waals surface area contributed by atoms with E-state index in [1.807, 2.05) is 0 Å². The summed E-state index contributed by atoms with van der Waals surface area (Å²) in [6.45, 7) is 0. The molecule has 0 unspecified atom stereocenters. The lowest BCUT2D eigenvalue weighted by molar-refractivity contribution is -0.384. The van der Waals surface area contributed by atoms with E-state index in [0.29, 0.717) is 22.6 Å². The van der Waals surface area contributed by atoms with Crippen molar-refractivity contribution in [1.29, 1.82) is 0 Å². The molecule has 0 atom stereocenters. The van der Waals surface area contributed by atoms with Gasteiger partial charge in [-0.15, -0.1) is 0 Å². The second kappa shape index (κ2) is 7.22. The van der Waals surface area contributed by atoms with Crippen molar-refractivity contribution >= 4 is 17.5 Å². The summed E-state index contributed by atoms with van der Waals surface area (Å²) in [5.74, 6) is 0.827. The topological polar surface area (TPSA) is 78.7 Å². The van der Waals surface area contributed by atoms with Gasteiger partial charge in [-0.1, -0.05) is 6.08 Å². The standard InChI is InChI=1S/C17H15NO5/c1-22-15-9-13(10-16(11-15)23-2)17(19)8-5-12-3-6-14(7-4-12)18(20)21/h3-11H,1-2H3/b8-5+. The van der Waals surface area contributed by atoms with Gasteiger partial charge < -0.3 is 9.47 Å². The second-order valence-corrected chi connectivity index (χ2v) is 4.65. The quantitative estimate of drug-likeness (QED) is 0.353. The van der Waals surface area contributed by atoms with Gasteiger partial charge in [-0.25, -0.2) is 0 Å². The third-order valence-corrected chi connectivity index (χ3v) is 3.17. The molecule has 0 aliphatic carbocycles. The van der Waals surface area contributed by atoms with Crippen LogP contribution < -0.4 is 9.47 Å². The summed E-state index contributed by atoms with van der Waals surface area (Å²) in [4.78, 5) is 22.3. The van der Waals surface area contributed by atoms with E-state index in [9.17, 15) is 14.9 Å². The van der Waals surface area contributed by atoms with E-state index in [-0.39, 0.29) is 11.5 Å². The van der Waals surface area contributed by atoms with Crippen LogP contribution in [0.2, 0.25) is 0 Å². The molecule has 2 rings (SSSR count). The zero-order chi connectivity index (χ0) is 16.8. The molecule has 0 bridgehead atoms. The van der Waals surface area contributed by atoms with Crippen LogP contribution in [0.5, 0.6) is 11.5 Å². The van der Waals surface area contributed by atoms with Crippen molar-refractivity contribution in [1.82, 2.24) is 0 Å². The summed E-state index contributed by atoms with van der Waals surface area (Å²) >= 11 is 0. The van der Waals surface area contributed by atoms with E-state index < -0.39 is 4.92 Å². The maximum atomic E-state index is 12.2. The summed E-state index contributed by atoms with van der Waals surface area (Å²) in [6, 6.07) is 10.8. The summed E-state index contributed by atoms with van der Waals surface area (Å²) in [6.07, 6.45) is 2.99. The zero-order valence-corrected chi connectivity index (χ0v) is 12.7. The lowest BCUT2D eigenvalue weighted by atomic mass is 10.1. The Morgan fingerprint density at radius 2 is 1.61 bits per heavy atom. The van der Waals surface area contributed by atoms with Gasteiger partial charge in [0, 0.05) is 23.8 Å². The highest BCUT2D eigenvalue weighted by atomic mass is 16.6. The fraction of sp³-hybridized carbons (Fsp3) is 0.118. The molecule has 0 fully saturated rings. The molecule has 6 nitrogen and oxygen atoms in total. The van der Waals surface area contributed by atoms with Crippen LogP contribution in [0.25, 0.3) is 6.08 Å². The second-order valence-electron chi connectivity index (χ2n) is 4.65. The number of nitro benzene ring substituents is 1. The lowest BCUT2D eigenvalue weighted by Crippen LogP contribution is -1.97. The molecule has 118 valence electrons. The molecule has 2 aromatic rings. The van der Waals surface area contributed by atoms with E-state index in [1.165, 1.54) is 32.4 Å². The number of carbonyl (C=O) groups is 1. The van der Waals surface area contributed by atoms with Crippen molar-refractivity contribution in [3.05, 3.63) is 69.8 Å². The normalized spacial score (nSPS) is 10.5. The number of allylic oxidation sites excluding steroid dienone is 1. The minimum atomic E-state index is -0.471. The first-order valence-corrected chi connectivity index (χ1v) is 6.73. The van der Waals surface area contributed by atoms with Crippen LogP contribution in [0.1, 0.15) is 15.9 Å². The lowest BCUT2D eigenvalue weighted by Gasteiger charge is -2.06. The molecule has 0 amide bonds. The van der Waals surface area contributed by atoms with Crippen molar-refractivity contribution in [3.63, 3.8) is 0 Å². The number of carbonyl (C=O) groups excluding carboxylic acids is 1. The van der Waals surface area contributed by atoms with Crippen LogP contribution in [-0.2, 0) is 0 Å². The Morgan fingerprint density at radius 1 is 1.04 bits per heavy atom. The third kappa shape index (κ3) is 4.16. The highest BCUT2D eigenvalue weighted by Gasteiger charge is 2.08. The van der Waals surface area contributed by atoms with Gasteiger partial charge >= 0.3 is 0 Å². The number of non-ortho nitro benzene ring substituents is 1. The molecule has 0 N–H and O–H groups in total. The molecule has 0 aliphatic heterocycles. The van der Waals surface area contributed by atoms with Crippen molar-refractivity contribution < 1.29 is 19.2 Å². The SMILES string of the molecule is COc1cc(OC)cc(C(=O)/C=C/c2ccc([N+](=O)[O-])cc2)c1. The van der Waals surface area contributed by atoms with Gasteiger partial charge in [-0.3, -0.25) is 14.9 Å². The number of nitrogens with zero attached hydrogens (tertiary/aromatic N) is 1. The summed E-state index contributed by atoms with van der Waals surface area (Å²) < 4.78 is 10.3. The maximum absolute atomic E-state index is 12.2. The van der Waals surface area contributed by atoms with E-state index in [0.717, 1.165) is 0 Å². The van der Waals surface area contributed by atoms with E-state index in [2.05, 4.69) is 0 Å². The molecular weight excluding hydrogens is 298 g/mol. The number of hydrogen-bond donors (Lipinski definition) is 0. The fourth-order valence-electron chi connectivity index (χ4n) is 1.92. The number of hydrogen-bond acceptors (Lipinski definition) is 5. The van der Waals surface area contributed by atoms with Gasteiger partial charge in [-0.2, -0.15) is 0 Å². The third-order valence-electron chi connectivity index (χ3n) is 3.17. The summed E-state index contributed by atoms with van der Waals surface area (Å²) in [5.41, 5.74) is 1.13. The maximum Gasteiger partial charge on any atom is 0.269 e. The molecule has 0 heterocycles. The number of ether oxygens (including phenoxy) is 2. The monoisotopic (exact) mass is 313 g/mol. The van der Waals surface area contributed by atoms with Gasteiger partial charge in [0.1, 0.15) is 11.5 Å². The molecule has 6 heteroatoms. The average Bonchev–Trinajstić information content (AvgIpc) is 2.59. The van der Waals surface area contributed by atoms with E-state index in [4.69, 9.17) is 9.47 Å².